The van der Waals surface area contributed by atoms with Gasteiger partial charge in [-0.2, -0.15) is 0 Å². The maximum absolute atomic E-state index is 5.19. The van der Waals surface area contributed by atoms with E-state index in [0.29, 0.717) is 0 Å². The lowest BCUT2D eigenvalue weighted by Crippen LogP contribution is -2.06. The monoisotopic (exact) mass is 165 g/mol. The molecule has 0 saturated heterocycles. The first kappa shape index (κ1) is 8.55. The van der Waals surface area contributed by atoms with Gasteiger partial charge in [-0.25, -0.2) is 0 Å². The lowest BCUT2D eigenvalue weighted by molar-refractivity contribution is 0.215. The van der Waals surface area contributed by atoms with Crippen molar-refractivity contribution in [2.24, 2.45) is 11.0 Å². The van der Waals surface area contributed by atoms with E-state index in [1.807, 2.05) is 24.3 Å². The second-order valence-corrected chi connectivity index (χ2v) is 2.18. The third-order valence-electron chi connectivity index (χ3n) is 1.38. The number of hydrazine groups is 1. The van der Waals surface area contributed by atoms with Gasteiger partial charge in [0.25, 0.3) is 0 Å². The van der Waals surface area contributed by atoms with E-state index in [1.165, 1.54) is 7.11 Å². The van der Waals surface area contributed by atoms with Crippen molar-refractivity contribution >= 4 is 11.9 Å². The fraction of sp³-hybridized carbons (Fsp3) is 0.125. The number of nitrogens with zero attached hydrogens (tertiary/aromatic N) is 1. The summed E-state index contributed by atoms with van der Waals surface area (Å²) in [7, 11) is 1.51. The van der Waals surface area contributed by atoms with Crippen LogP contribution in [0.3, 0.4) is 0 Å². The minimum absolute atomic E-state index is 0.865. The number of nitrogens with one attached hydrogen (secondary N) is 1. The molecule has 0 radical (unpaired) electrons. The highest BCUT2D eigenvalue weighted by molar-refractivity contribution is 5.79. The Kier molecular flexibility index (Phi) is 3.10. The molecule has 0 aliphatic rings. The van der Waals surface area contributed by atoms with Gasteiger partial charge < -0.3 is 10.3 Å². The van der Waals surface area contributed by atoms with Gasteiger partial charge in [-0.15, -0.1) is 0 Å². The highest BCUT2D eigenvalue weighted by Crippen LogP contribution is 2.05. The summed E-state index contributed by atoms with van der Waals surface area (Å²) in [6.07, 6.45) is 1.63. The van der Waals surface area contributed by atoms with E-state index in [9.17, 15) is 0 Å². The van der Waals surface area contributed by atoms with Crippen LogP contribution in [-0.2, 0) is 4.84 Å². The van der Waals surface area contributed by atoms with Crippen LogP contribution in [0.15, 0.2) is 29.4 Å². The molecular formula is C8H11N3O. The molecule has 3 N–H and O–H groups in total. The summed E-state index contributed by atoms with van der Waals surface area (Å²) >= 11 is 0. The van der Waals surface area contributed by atoms with Gasteiger partial charge in [0.05, 0.1) is 6.21 Å². The quantitative estimate of drug-likeness (QED) is 0.398. The summed E-state index contributed by atoms with van der Waals surface area (Å²) in [5.74, 6) is 5.19. The normalized spacial score (nSPS) is 10.2. The number of oxime groups is 1. The van der Waals surface area contributed by atoms with Crippen LogP contribution in [0.25, 0.3) is 0 Å². The Balaban J connectivity index is 2.71. The average Bonchev–Trinajstić information content (AvgIpc) is 2.15. The molecule has 64 valence electrons. The summed E-state index contributed by atoms with van der Waals surface area (Å²) < 4.78 is 0. The summed E-state index contributed by atoms with van der Waals surface area (Å²) in [6, 6.07) is 7.49. The van der Waals surface area contributed by atoms with Crippen molar-refractivity contribution in [2.75, 3.05) is 12.5 Å². The largest absolute Gasteiger partial charge is 0.399 e. The number of nitrogen functional groups attached to an aromatic ring is 1. The second-order valence-electron chi connectivity index (χ2n) is 2.18. The van der Waals surface area contributed by atoms with E-state index in [1.54, 1.807) is 6.21 Å². The fourth-order valence-electron chi connectivity index (χ4n) is 0.779. The Hall–Kier alpha value is -1.55. The molecule has 0 heterocycles. The molecule has 1 rings (SSSR count). The highest BCUT2D eigenvalue weighted by Gasteiger charge is 1.88. The van der Waals surface area contributed by atoms with Crippen molar-refractivity contribution in [1.29, 1.82) is 0 Å². The van der Waals surface area contributed by atoms with Crippen LogP contribution in [0, 0.1) is 0 Å². The van der Waals surface area contributed by atoms with Crippen LogP contribution >= 0.6 is 0 Å². The molecule has 12 heavy (non-hydrogen) atoms. The van der Waals surface area contributed by atoms with Gasteiger partial charge in [0.2, 0.25) is 0 Å². The predicted octanol–water partition coefficient (Wildman–Crippen LogP) is 0.953. The first-order valence-electron chi connectivity index (χ1n) is 3.50. The molecule has 0 aliphatic carbocycles. The van der Waals surface area contributed by atoms with Gasteiger partial charge in [0.1, 0.15) is 7.11 Å². The van der Waals surface area contributed by atoms with Gasteiger partial charge >= 0.3 is 0 Å². The standard InChI is InChI=1S/C8H11N3O/c1-12-10-6-7-2-4-8(11-9)5-3-7/h2-6,11H,9H2,1H3/b10-6+. The first-order valence-corrected chi connectivity index (χ1v) is 3.50. The summed E-state index contributed by atoms with van der Waals surface area (Å²) in [5, 5.41) is 3.62. The van der Waals surface area contributed by atoms with Gasteiger partial charge in [-0.05, 0) is 17.7 Å². The number of anilines is 1. The molecular weight excluding hydrogens is 154 g/mol. The Labute approximate surface area is 71.0 Å². The van der Waals surface area contributed by atoms with Crippen LogP contribution in [0.4, 0.5) is 5.69 Å². The molecule has 0 atom stereocenters. The van der Waals surface area contributed by atoms with Crippen LogP contribution in [0.5, 0.6) is 0 Å². The van der Waals surface area contributed by atoms with Crippen molar-refractivity contribution in [3.05, 3.63) is 29.8 Å². The predicted molar refractivity (Wildman–Crippen MR) is 48.9 cm³/mol. The van der Waals surface area contributed by atoms with Crippen molar-refractivity contribution in [2.45, 2.75) is 0 Å². The van der Waals surface area contributed by atoms with E-state index in [4.69, 9.17) is 5.84 Å². The summed E-state index contributed by atoms with van der Waals surface area (Å²) in [6.45, 7) is 0. The molecule has 0 saturated carbocycles. The first-order chi connectivity index (χ1) is 5.86. The maximum atomic E-state index is 5.19. The fourth-order valence-corrected chi connectivity index (χ4v) is 0.779. The molecule has 0 aliphatic heterocycles. The number of nitrogens with two attached hydrogens (primary N) is 1. The Morgan fingerprint density at radius 1 is 1.42 bits per heavy atom. The van der Waals surface area contributed by atoms with Crippen molar-refractivity contribution < 1.29 is 4.84 Å². The van der Waals surface area contributed by atoms with Gasteiger partial charge in [-0.1, -0.05) is 17.3 Å². The topological polar surface area (TPSA) is 59.6 Å². The molecule has 0 aromatic heterocycles. The molecule has 1 aromatic rings. The zero-order valence-corrected chi connectivity index (χ0v) is 6.82. The van der Waals surface area contributed by atoms with Crippen LogP contribution in [-0.4, -0.2) is 13.3 Å². The van der Waals surface area contributed by atoms with E-state index in [2.05, 4.69) is 15.4 Å². The molecule has 4 heteroatoms. The minimum atomic E-state index is 0.865. The molecule has 0 unspecified atom stereocenters. The average molecular weight is 165 g/mol. The highest BCUT2D eigenvalue weighted by atomic mass is 16.6. The van der Waals surface area contributed by atoms with E-state index in [0.717, 1.165) is 11.3 Å². The van der Waals surface area contributed by atoms with Gasteiger partial charge in [0.15, 0.2) is 0 Å². The Morgan fingerprint density at radius 2 is 2.08 bits per heavy atom. The number of hydrogen-bond acceptors (Lipinski definition) is 4. The lowest BCUT2D eigenvalue weighted by Gasteiger charge is -1.98. The molecule has 4 nitrogen and oxygen atoms in total. The maximum Gasteiger partial charge on any atom is 0.106 e. The van der Waals surface area contributed by atoms with Crippen molar-refractivity contribution in [3.8, 4) is 0 Å². The van der Waals surface area contributed by atoms with Crippen molar-refractivity contribution in [3.63, 3.8) is 0 Å². The van der Waals surface area contributed by atoms with Crippen LogP contribution in [0.2, 0.25) is 0 Å². The SMILES string of the molecule is CO/N=C/c1ccc(NN)cc1. The van der Waals surface area contributed by atoms with Gasteiger partial charge in [-0.3, -0.25) is 5.84 Å². The molecule has 0 fully saturated rings. The second kappa shape index (κ2) is 4.35. The zero-order valence-electron chi connectivity index (χ0n) is 6.82. The third-order valence-corrected chi connectivity index (χ3v) is 1.38. The van der Waals surface area contributed by atoms with Gasteiger partial charge in [0, 0.05) is 5.69 Å². The van der Waals surface area contributed by atoms with Crippen LogP contribution in [0.1, 0.15) is 5.56 Å². The zero-order chi connectivity index (χ0) is 8.81. The molecule has 0 spiro atoms. The molecule has 0 amide bonds. The third kappa shape index (κ3) is 2.25. The van der Waals surface area contributed by atoms with E-state index in [-0.39, 0.29) is 0 Å². The number of hydrogen-bond donors (Lipinski definition) is 2. The van der Waals surface area contributed by atoms with Crippen molar-refractivity contribution in [1.82, 2.24) is 0 Å². The van der Waals surface area contributed by atoms with E-state index < -0.39 is 0 Å². The van der Waals surface area contributed by atoms with Crippen LogP contribution < -0.4 is 11.3 Å². The minimum Gasteiger partial charge on any atom is -0.399 e. The smallest absolute Gasteiger partial charge is 0.106 e. The Bertz CT molecular complexity index is 256. The number of rotatable bonds is 3. The summed E-state index contributed by atoms with van der Waals surface area (Å²) in [5.41, 5.74) is 4.37. The molecule has 0 bridgehead atoms. The number of benzene rings is 1. The van der Waals surface area contributed by atoms with E-state index >= 15 is 0 Å². The Morgan fingerprint density at radius 3 is 2.58 bits per heavy atom. The lowest BCUT2D eigenvalue weighted by atomic mass is 10.2. The summed E-state index contributed by atoms with van der Waals surface area (Å²) in [4.78, 5) is 4.53. The molecule has 1 aromatic carbocycles.